The third-order valence-corrected chi connectivity index (χ3v) is 4.56. The van der Waals surface area contributed by atoms with Crippen LogP contribution < -0.4 is 10.1 Å². The molecule has 0 radical (unpaired) electrons. The van der Waals surface area contributed by atoms with Gasteiger partial charge in [0.1, 0.15) is 11.6 Å². The van der Waals surface area contributed by atoms with Crippen molar-refractivity contribution >= 4 is 27.7 Å². The Bertz CT molecular complexity index is 671. The average Bonchev–Trinajstić information content (AvgIpc) is 2.56. The van der Waals surface area contributed by atoms with Gasteiger partial charge in [0.2, 0.25) is 0 Å². The number of anilines is 1. The number of carbonyl (C=O) groups is 1. The maximum Gasteiger partial charge on any atom is 0.263 e. The van der Waals surface area contributed by atoms with E-state index in [0.717, 1.165) is 16.6 Å². The highest BCUT2D eigenvalue weighted by atomic mass is 79.9. The number of amides is 1. The first kappa shape index (κ1) is 17.5. The molecule has 0 unspecified atom stereocenters. The monoisotopic (exact) mass is 376 g/mol. The molecular weight excluding hydrogens is 356 g/mol. The second-order valence-electron chi connectivity index (χ2n) is 5.48. The average molecular weight is 377 g/mol. The van der Waals surface area contributed by atoms with E-state index in [9.17, 15) is 4.79 Å². The lowest BCUT2D eigenvalue weighted by molar-refractivity contribution is -0.118. The molecular formula is C18H21BrN2O2. The fourth-order valence-electron chi connectivity index (χ4n) is 2.07. The van der Waals surface area contributed by atoms with Crippen LogP contribution >= 0.6 is 15.9 Å². The van der Waals surface area contributed by atoms with Gasteiger partial charge in [-0.2, -0.15) is 0 Å². The highest BCUT2D eigenvalue weighted by molar-refractivity contribution is 9.10. The van der Waals surface area contributed by atoms with Crippen molar-refractivity contribution in [2.24, 2.45) is 0 Å². The Morgan fingerprint density at radius 1 is 1.26 bits per heavy atom. The number of carbonyl (C=O) groups excluding carboxylic acids is 1. The quantitative estimate of drug-likeness (QED) is 0.795. The molecule has 5 heteroatoms. The molecule has 0 spiro atoms. The molecule has 1 N–H and O–H groups in total. The SMILES string of the molecule is CC[C@H](C)c1ccc(OCC(=O)Nc2ccc(Br)c(C)n2)cc1. The molecule has 2 aromatic rings. The first-order valence-electron chi connectivity index (χ1n) is 7.65. The highest BCUT2D eigenvalue weighted by Gasteiger charge is 2.07. The number of hydrogen-bond donors (Lipinski definition) is 1. The van der Waals surface area contributed by atoms with Crippen LogP contribution in [0, 0.1) is 6.92 Å². The maximum absolute atomic E-state index is 11.9. The van der Waals surface area contributed by atoms with Crippen LogP contribution in [0.4, 0.5) is 5.82 Å². The summed E-state index contributed by atoms with van der Waals surface area (Å²) in [7, 11) is 0. The number of aryl methyl sites for hydroxylation is 1. The Labute approximate surface area is 145 Å². The Hall–Kier alpha value is -1.88. The molecule has 1 aromatic heterocycles. The van der Waals surface area contributed by atoms with Gasteiger partial charge in [0, 0.05) is 4.47 Å². The normalized spacial score (nSPS) is 11.8. The van der Waals surface area contributed by atoms with Crippen molar-refractivity contribution in [2.75, 3.05) is 11.9 Å². The summed E-state index contributed by atoms with van der Waals surface area (Å²) in [6.45, 7) is 6.18. The molecule has 0 aliphatic carbocycles. The van der Waals surface area contributed by atoms with Gasteiger partial charge in [-0.25, -0.2) is 4.98 Å². The summed E-state index contributed by atoms with van der Waals surface area (Å²) in [5, 5.41) is 2.72. The first-order valence-corrected chi connectivity index (χ1v) is 8.44. The van der Waals surface area contributed by atoms with Crippen LogP contribution in [0.1, 0.15) is 37.4 Å². The number of nitrogens with one attached hydrogen (secondary N) is 1. The fourth-order valence-corrected chi connectivity index (χ4v) is 2.29. The molecule has 1 heterocycles. The third kappa shape index (κ3) is 5.06. The Kier molecular flexibility index (Phi) is 6.16. The summed E-state index contributed by atoms with van der Waals surface area (Å²) in [4.78, 5) is 16.2. The van der Waals surface area contributed by atoms with Crippen LogP contribution in [-0.4, -0.2) is 17.5 Å². The van der Waals surface area contributed by atoms with Crippen LogP contribution in [0.15, 0.2) is 40.9 Å². The summed E-state index contributed by atoms with van der Waals surface area (Å²) < 4.78 is 6.42. The van der Waals surface area contributed by atoms with Crippen LogP contribution in [-0.2, 0) is 4.79 Å². The lowest BCUT2D eigenvalue weighted by Gasteiger charge is -2.11. The number of benzene rings is 1. The first-order chi connectivity index (χ1) is 11.0. The van der Waals surface area contributed by atoms with Gasteiger partial charge in [-0.05, 0) is 65.0 Å². The fraction of sp³-hybridized carbons (Fsp3) is 0.333. The second kappa shape index (κ2) is 8.11. The van der Waals surface area contributed by atoms with Gasteiger partial charge >= 0.3 is 0 Å². The molecule has 122 valence electrons. The zero-order valence-electron chi connectivity index (χ0n) is 13.6. The summed E-state index contributed by atoms with van der Waals surface area (Å²) in [6, 6.07) is 11.5. The van der Waals surface area contributed by atoms with Crippen LogP contribution in [0.3, 0.4) is 0 Å². The minimum absolute atomic E-state index is 0.0422. The van der Waals surface area contributed by atoms with Gasteiger partial charge in [0.15, 0.2) is 6.61 Å². The number of rotatable bonds is 6. The summed E-state index contributed by atoms with van der Waals surface area (Å²) in [5.74, 6) is 1.50. The van der Waals surface area contributed by atoms with Gasteiger partial charge in [-0.1, -0.05) is 26.0 Å². The number of hydrogen-bond acceptors (Lipinski definition) is 3. The van der Waals surface area contributed by atoms with Gasteiger partial charge < -0.3 is 10.1 Å². The van der Waals surface area contributed by atoms with Crippen LogP contribution in [0.5, 0.6) is 5.75 Å². The Balaban J connectivity index is 1.87. The van der Waals surface area contributed by atoms with Crippen LogP contribution in [0.25, 0.3) is 0 Å². The molecule has 2 rings (SSSR count). The van der Waals surface area contributed by atoms with E-state index < -0.39 is 0 Å². The van der Waals surface area contributed by atoms with Crippen molar-refractivity contribution in [2.45, 2.75) is 33.1 Å². The molecule has 0 aliphatic heterocycles. The summed E-state index contributed by atoms with van der Waals surface area (Å²) in [5.41, 5.74) is 2.10. The van der Waals surface area contributed by atoms with E-state index in [1.54, 1.807) is 6.07 Å². The molecule has 0 saturated carbocycles. The van der Waals surface area contributed by atoms with E-state index in [4.69, 9.17) is 4.74 Å². The van der Waals surface area contributed by atoms with E-state index in [-0.39, 0.29) is 12.5 Å². The van der Waals surface area contributed by atoms with Gasteiger partial charge in [0.05, 0.1) is 5.69 Å². The lowest BCUT2D eigenvalue weighted by Crippen LogP contribution is -2.20. The summed E-state index contributed by atoms with van der Waals surface area (Å²) in [6.07, 6.45) is 1.10. The number of halogens is 1. The lowest BCUT2D eigenvalue weighted by atomic mass is 9.99. The van der Waals surface area contributed by atoms with E-state index in [1.807, 2.05) is 37.3 Å². The molecule has 23 heavy (non-hydrogen) atoms. The van der Waals surface area contributed by atoms with E-state index >= 15 is 0 Å². The van der Waals surface area contributed by atoms with Gasteiger partial charge in [0.25, 0.3) is 5.91 Å². The zero-order chi connectivity index (χ0) is 16.8. The second-order valence-corrected chi connectivity index (χ2v) is 6.33. The number of nitrogens with zero attached hydrogens (tertiary/aromatic N) is 1. The molecule has 1 atom stereocenters. The molecule has 4 nitrogen and oxygen atoms in total. The third-order valence-electron chi connectivity index (χ3n) is 3.72. The van der Waals surface area contributed by atoms with Gasteiger partial charge in [-0.3, -0.25) is 4.79 Å². The number of aromatic nitrogens is 1. The van der Waals surface area contributed by atoms with E-state index in [1.165, 1.54) is 5.56 Å². The molecule has 1 amide bonds. The van der Waals surface area contributed by atoms with Crippen molar-refractivity contribution < 1.29 is 9.53 Å². The standard InChI is InChI=1S/C18H21BrN2O2/c1-4-12(2)14-5-7-15(8-6-14)23-11-18(22)21-17-10-9-16(19)13(3)20-17/h5-10,12H,4,11H2,1-3H3,(H,20,21,22)/t12-/m0/s1. The van der Waals surface area contributed by atoms with Crippen molar-refractivity contribution in [3.05, 3.63) is 52.1 Å². The number of ether oxygens (including phenoxy) is 1. The molecule has 0 fully saturated rings. The predicted molar refractivity (Wildman–Crippen MR) is 95.9 cm³/mol. The minimum atomic E-state index is -0.231. The van der Waals surface area contributed by atoms with Crippen molar-refractivity contribution in [1.82, 2.24) is 4.98 Å². The van der Waals surface area contributed by atoms with Gasteiger partial charge in [-0.15, -0.1) is 0 Å². The van der Waals surface area contributed by atoms with E-state index in [2.05, 4.69) is 40.1 Å². The molecule has 0 aliphatic rings. The number of pyridine rings is 1. The largest absolute Gasteiger partial charge is 0.484 e. The predicted octanol–water partition coefficient (Wildman–Crippen LogP) is 4.68. The van der Waals surface area contributed by atoms with Crippen molar-refractivity contribution in [1.29, 1.82) is 0 Å². The molecule has 1 aromatic carbocycles. The molecule has 0 bridgehead atoms. The molecule has 0 saturated heterocycles. The maximum atomic E-state index is 11.9. The van der Waals surface area contributed by atoms with Crippen molar-refractivity contribution in [3.8, 4) is 5.75 Å². The van der Waals surface area contributed by atoms with E-state index in [0.29, 0.717) is 17.5 Å². The smallest absolute Gasteiger partial charge is 0.263 e. The zero-order valence-corrected chi connectivity index (χ0v) is 15.2. The Morgan fingerprint density at radius 2 is 1.96 bits per heavy atom. The highest BCUT2D eigenvalue weighted by Crippen LogP contribution is 2.21. The van der Waals surface area contributed by atoms with Crippen LogP contribution in [0.2, 0.25) is 0 Å². The minimum Gasteiger partial charge on any atom is -0.484 e. The summed E-state index contributed by atoms with van der Waals surface area (Å²) >= 11 is 3.38. The Morgan fingerprint density at radius 3 is 2.57 bits per heavy atom. The van der Waals surface area contributed by atoms with Crippen molar-refractivity contribution in [3.63, 3.8) is 0 Å². The topological polar surface area (TPSA) is 51.2 Å².